The lowest BCUT2D eigenvalue weighted by Crippen LogP contribution is -2.52. The maximum Gasteiger partial charge on any atom is 0.244 e. The van der Waals surface area contributed by atoms with Crippen LogP contribution >= 0.6 is 15.9 Å². The molecule has 34 heavy (non-hydrogen) atoms. The normalized spacial score (nSPS) is 13.1. The molecule has 0 spiro atoms. The second-order valence-corrected chi connectivity index (χ2v) is 11.5. The summed E-state index contributed by atoms with van der Waals surface area (Å²) in [7, 11) is -3.75. The number of anilines is 1. The monoisotopic (exact) mass is 551 g/mol. The molecule has 2 rings (SSSR count). The van der Waals surface area contributed by atoms with Gasteiger partial charge >= 0.3 is 0 Å². The molecule has 2 aromatic rings. The van der Waals surface area contributed by atoms with Crippen molar-refractivity contribution in [2.24, 2.45) is 0 Å². The highest BCUT2D eigenvalue weighted by Crippen LogP contribution is 2.24. The average Bonchev–Trinajstić information content (AvgIpc) is 2.74. The second-order valence-electron chi connectivity index (χ2n) is 8.70. The second kappa shape index (κ2) is 11.8. The maximum absolute atomic E-state index is 13.6. The molecule has 0 bridgehead atoms. The Kier molecular flexibility index (Phi) is 9.70. The molecule has 0 aliphatic carbocycles. The first-order valence-corrected chi connectivity index (χ1v) is 13.9. The molecule has 0 radical (unpaired) electrons. The molecule has 0 aromatic heterocycles. The molecule has 9 heteroatoms. The first-order valence-electron chi connectivity index (χ1n) is 11.2. The Labute approximate surface area is 211 Å². The molecule has 0 aliphatic rings. The zero-order chi connectivity index (χ0) is 25.6. The number of hydrogen-bond donors (Lipinski definition) is 1. The Morgan fingerprint density at radius 2 is 1.76 bits per heavy atom. The van der Waals surface area contributed by atoms with E-state index >= 15 is 0 Å². The lowest BCUT2D eigenvalue weighted by Gasteiger charge is -2.32. The molecule has 0 saturated carbocycles. The van der Waals surface area contributed by atoms with Gasteiger partial charge in [-0.3, -0.25) is 13.9 Å². The number of amides is 2. The average molecular weight is 553 g/mol. The predicted octanol–water partition coefficient (Wildman–Crippen LogP) is 4.16. The van der Waals surface area contributed by atoms with Crippen LogP contribution in [0, 0.1) is 13.8 Å². The van der Waals surface area contributed by atoms with Crippen molar-refractivity contribution in [3.63, 3.8) is 0 Å². The standard InChI is InChI=1S/C25H34BrN3O4S/c1-7-19(4)27-25(31)20(5)28(15-21-9-8-10-22(26)14-21)24(30)16-29(34(6,32)33)23-12-11-17(2)13-18(23)3/h8-14,19-20H,7,15-16H2,1-6H3,(H,27,31). The van der Waals surface area contributed by atoms with Gasteiger partial charge in [-0.1, -0.05) is 52.7 Å². The fourth-order valence-electron chi connectivity index (χ4n) is 3.56. The molecule has 2 amide bonds. The van der Waals surface area contributed by atoms with Gasteiger partial charge in [-0.25, -0.2) is 8.42 Å². The van der Waals surface area contributed by atoms with Gasteiger partial charge < -0.3 is 10.2 Å². The summed E-state index contributed by atoms with van der Waals surface area (Å²) in [6.07, 6.45) is 1.84. The number of aryl methyl sites for hydroxylation is 2. The van der Waals surface area contributed by atoms with E-state index in [1.165, 1.54) is 4.90 Å². The number of benzene rings is 2. The Morgan fingerprint density at radius 1 is 1.09 bits per heavy atom. The van der Waals surface area contributed by atoms with Crippen LogP contribution < -0.4 is 9.62 Å². The summed E-state index contributed by atoms with van der Waals surface area (Å²) in [6.45, 7) is 9.02. The molecule has 2 unspecified atom stereocenters. The molecule has 186 valence electrons. The smallest absolute Gasteiger partial charge is 0.244 e. The Morgan fingerprint density at radius 3 is 2.32 bits per heavy atom. The van der Waals surface area contributed by atoms with E-state index in [4.69, 9.17) is 0 Å². The van der Waals surface area contributed by atoms with Gasteiger partial charge in [-0.2, -0.15) is 0 Å². The highest BCUT2D eigenvalue weighted by molar-refractivity contribution is 9.10. The minimum atomic E-state index is -3.75. The zero-order valence-electron chi connectivity index (χ0n) is 20.6. The Hall–Kier alpha value is -2.39. The van der Waals surface area contributed by atoms with Crippen molar-refractivity contribution >= 4 is 43.5 Å². The summed E-state index contributed by atoms with van der Waals surface area (Å²) in [5.74, 6) is -0.743. The van der Waals surface area contributed by atoms with Gasteiger partial charge in [0.1, 0.15) is 12.6 Å². The summed E-state index contributed by atoms with van der Waals surface area (Å²) in [4.78, 5) is 27.9. The molecular formula is C25H34BrN3O4S. The van der Waals surface area contributed by atoms with E-state index in [-0.39, 0.29) is 18.5 Å². The van der Waals surface area contributed by atoms with E-state index in [0.717, 1.165) is 38.1 Å². The van der Waals surface area contributed by atoms with Crippen molar-refractivity contribution in [2.45, 2.75) is 59.7 Å². The SMILES string of the molecule is CCC(C)NC(=O)C(C)N(Cc1cccc(Br)c1)C(=O)CN(c1ccc(C)cc1C)S(C)(=O)=O. The van der Waals surface area contributed by atoms with Gasteiger partial charge in [0.05, 0.1) is 11.9 Å². The van der Waals surface area contributed by atoms with Gasteiger partial charge in [-0.05, 0) is 63.4 Å². The number of carbonyl (C=O) groups excluding carboxylic acids is 2. The summed E-state index contributed by atoms with van der Waals surface area (Å²) >= 11 is 3.44. The molecule has 0 fully saturated rings. The van der Waals surface area contributed by atoms with Crippen LogP contribution in [0.3, 0.4) is 0 Å². The Bertz CT molecular complexity index is 1140. The molecule has 7 nitrogen and oxygen atoms in total. The first kappa shape index (κ1) is 27.9. The lowest BCUT2D eigenvalue weighted by molar-refractivity contribution is -0.139. The van der Waals surface area contributed by atoms with E-state index in [0.29, 0.717) is 5.69 Å². The van der Waals surface area contributed by atoms with Crippen molar-refractivity contribution in [1.82, 2.24) is 10.2 Å². The molecule has 0 saturated heterocycles. The van der Waals surface area contributed by atoms with Crippen LogP contribution in [0.5, 0.6) is 0 Å². The van der Waals surface area contributed by atoms with E-state index in [2.05, 4.69) is 21.2 Å². The highest BCUT2D eigenvalue weighted by atomic mass is 79.9. The van der Waals surface area contributed by atoms with Gasteiger partial charge in [0.15, 0.2) is 0 Å². The van der Waals surface area contributed by atoms with Gasteiger partial charge in [0.25, 0.3) is 0 Å². The van der Waals surface area contributed by atoms with E-state index in [1.54, 1.807) is 13.0 Å². The van der Waals surface area contributed by atoms with Gasteiger partial charge in [0.2, 0.25) is 21.8 Å². The molecule has 0 heterocycles. The van der Waals surface area contributed by atoms with E-state index in [1.807, 2.05) is 64.1 Å². The predicted molar refractivity (Wildman–Crippen MR) is 140 cm³/mol. The summed E-state index contributed by atoms with van der Waals surface area (Å²) < 4.78 is 27.3. The fraction of sp³-hybridized carbons (Fsp3) is 0.440. The molecule has 2 atom stereocenters. The summed E-state index contributed by atoms with van der Waals surface area (Å²) in [5, 5.41) is 2.92. The number of nitrogens with one attached hydrogen (secondary N) is 1. The van der Waals surface area contributed by atoms with Crippen molar-refractivity contribution in [3.05, 3.63) is 63.6 Å². The third kappa shape index (κ3) is 7.56. The fourth-order valence-corrected chi connectivity index (χ4v) is 4.91. The number of rotatable bonds is 10. The highest BCUT2D eigenvalue weighted by Gasteiger charge is 2.31. The molecule has 2 aromatic carbocycles. The summed E-state index contributed by atoms with van der Waals surface area (Å²) in [6, 6.07) is 12.0. The molecular weight excluding hydrogens is 518 g/mol. The number of carbonyl (C=O) groups is 2. The van der Waals surface area contributed by atoms with Crippen LogP contribution in [0.1, 0.15) is 43.9 Å². The van der Waals surface area contributed by atoms with E-state index < -0.39 is 28.5 Å². The molecule has 1 N–H and O–H groups in total. The van der Waals surface area contributed by atoms with Crippen molar-refractivity contribution < 1.29 is 18.0 Å². The number of hydrogen-bond acceptors (Lipinski definition) is 4. The quantitative estimate of drug-likeness (QED) is 0.480. The minimum Gasteiger partial charge on any atom is -0.352 e. The summed E-state index contributed by atoms with van der Waals surface area (Å²) in [5.41, 5.74) is 3.01. The van der Waals surface area contributed by atoms with Gasteiger partial charge in [-0.15, -0.1) is 0 Å². The third-order valence-electron chi connectivity index (χ3n) is 5.71. The maximum atomic E-state index is 13.6. The van der Waals surface area contributed by atoms with Crippen LogP contribution in [0.2, 0.25) is 0 Å². The zero-order valence-corrected chi connectivity index (χ0v) is 23.0. The van der Waals surface area contributed by atoms with Crippen LogP contribution in [-0.2, 0) is 26.2 Å². The number of halogens is 1. The Balaban J connectivity index is 2.42. The number of sulfonamides is 1. The topological polar surface area (TPSA) is 86.8 Å². The van der Waals surface area contributed by atoms with Crippen LogP contribution in [0.4, 0.5) is 5.69 Å². The van der Waals surface area contributed by atoms with E-state index in [9.17, 15) is 18.0 Å². The largest absolute Gasteiger partial charge is 0.352 e. The first-order chi connectivity index (χ1) is 15.8. The lowest BCUT2D eigenvalue weighted by atomic mass is 10.1. The van der Waals surface area contributed by atoms with Crippen LogP contribution in [-0.4, -0.2) is 50.0 Å². The third-order valence-corrected chi connectivity index (χ3v) is 7.33. The van der Waals surface area contributed by atoms with Gasteiger partial charge in [0, 0.05) is 17.1 Å². The van der Waals surface area contributed by atoms with Crippen molar-refractivity contribution in [2.75, 3.05) is 17.1 Å². The number of nitrogens with zero attached hydrogens (tertiary/aromatic N) is 2. The van der Waals surface area contributed by atoms with Crippen molar-refractivity contribution in [3.8, 4) is 0 Å². The van der Waals surface area contributed by atoms with Crippen molar-refractivity contribution in [1.29, 1.82) is 0 Å². The van der Waals surface area contributed by atoms with Crippen LogP contribution in [0.25, 0.3) is 0 Å². The van der Waals surface area contributed by atoms with Crippen LogP contribution in [0.15, 0.2) is 46.9 Å². The molecule has 0 aliphatic heterocycles. The minimum absolute atomic E-state index is 0.0412.